The topological polar surface area (TPSA) is 59.7 Å². The van der Waals surface area contributed by atoms with Gasteiger partial charge >= 0.3 is 5.63 Å². The normalized spacial score (nSPS) is 14.3. The molecule has 0 bridgehead atoms. The second-order valence-corrected chi connectivity index (χ2v) is 8.02. The summed E-state index contributed by atoms with van der Waals surface area (Å²) in [5.41, 5.74) is 0.950. The van der Waals surface area contributed by atoms with Crippen LogP contribution in [0, 0.1) is 0 Å². The van der Waals surface area contributed by atoms with Gasteiger partial charge in [-0.15, -0.1) is 0 Å². The summed E-state index contributed by atoms with van der Waals surface area (Å²) in [6.45, 7) is 7.32. The zero-order chi connectivity index (χ0) is 21.4. The first-order valence-corrected chi connectivity index (χ1v) is 10.00. The number of hydrogen-bond donors (Lipinski definition) is 1. The molecule has 1 unspecified atom stereocenters. The highest BCUT2D eigenvalue weighted by atomic mass is 19.1. The van der Waals surface area contributed by atoms with E-state index in [0.717, 1.165) is 23.8 Å². The Balaban J connectivity index is 1.76. The molecule has 1 heterocycles. The van der Waals surface area contributed by atoms with Crippen LogP contribution in [0.4, 0.5) is 4.39 Å². The molecule has 1 N–H and O–H groups in total. The second kappa shape index (κ2) is 10.4. The molecule has 2 rings (SSSR count). The molecule has 0 aliphatic carbocycles. The van der Waals surface area contributed by atoms with Gasteiger partial charge in [-0.2, -0.15) is 0 Å². The van der Waals surface area contributed by atoms with Crippen molar-refractivity contribution in [2.45, 2.75) is 65.2 Å². The van der Waals surface area contributed by atoms with E-state index in [1.165, 1.54) is 25.5 Å². The highest BCUT2D eigenvalue weighted by molar-refractivity contribution is 5.77. The van der Waals surface area contributed by atoms with Crippen molar-refractivity contribution in [3.63, 3.8) is 0 Å². The Bertz CT molecular complexity index is 918. The van der Waals surface area contributed by atoms with Gasteiger partial charge in [0.2, 0.25) is 0 Å². The molecule has 4 nitrogen and oxygen atoms in total. The van der Waals surface area contributed by atoms with Crippen LogP contribution in [0.2, 0.25) is 0 Å². The number of fused-ring (bicyclic) bond motifs is 1. The smallest absolute Gasteiger partial charge is 0.336 e. The zero-order valence-electron chi connectivity index (χ0n) is 17.7. The van der Waals surface area contributed by atoms with E-state index in [0.29, 0.717) is 30.8 Å². The fraction of sp³-hybridized carbons (Fsp3) is 0.458. The summed E-state index contributed by atoms with van der Waals surface area (Å²) in [5, 5.41) is 10.6. The molecule has 1 aromatic carbocycles. The Labute approximate surface area is 171 Å². The lowest BCUT2D eigenvalue weighted by molar-refractivity contribution is 0.0123. The van der Waals surface area contributed by atoms with Crippen LogP contribution >= 0.6 is 0 Å². The monoisotopic (exact) mass is 402 g/mol. The molecule has 0 aliphatic heterocycles. The molecule has 0 spiro atoms. The van der Waals surface area contributed by atoms with Crippen LogP contribution in [0.5, 0.6) is 5.75 Å². The van der Waals surface area contributed by atoms with E-state index < -0.39 is 11.8 Å². The van der Waals surface area contributed by atoms with E-state index >= 15 is 0 Å². The maximum absolute atomic E-state index is 13.6. The van der Waals surface area contributed by atoms with Crippen molar-refractivity contribution >= 4 is 11.0 Å². The third-order valence-corrected chi connectivity index (χ3v) is 4.91. The molecule has 0 aliphatic rings. The number of allylic oxidation sites excluding steroid dienone is 3. The maximum atomic E-state index is 13.6. The number of hydrogen-bond acceptors (Lipinski definition) is 4. The van der Waals surface area contributed by atoms with Crippen LogP contribution < -0.4 is 10.4 Å². The van der Waals surface area contributed by atoms with Gasteiger partial charge in [-0.25, -0.2) is 9.18 Å². The van der Waals surface area contributed by atoms with Gasteiger partial charge in [0.1, 0.15) is 23.6 Å². The van der Waals surface area contributed by atoms with Gasteiger partial charge in [0, 0.05) is 17.5 Å². The molecule has 0 fully saturated rings. The standard InChI is InChI=1S/C24H31FO4/c1-17(8-12-22(26)24(3,4)25)6-5-7-18(2)14-15-28-20-11-9-19-10-13-23(27)29-21(19)16-20/h6,9-11,13-14,16,22,26H,5,7-8,12,15H2,1-4H3/b17-6+,18-14+. The van der Waals surface area contributed by atoms with E-state index in [4.69, 9.17) is 9.15 Å². The largest absolute Gasteiger partial charge is 0.489 e. The second-order valence-electron chi connectivity index (χ2n) is 8.02. The summed E-state index contributed by atoms with van der Waals surface area (Å²) >= 11 is 0. The van der Waals surface area contributed by atoms with E-state index in [9.17, 15) is 14.3 Å². The third-order valence-electron chi connectivity index (χ3n) is 4.91. The summed E-state index contributed by atoms with van der Waals surface area (Å²) in [5.74, 6) is 0.654. The van der Waals surface area contributed by atoms with Crippen molar-refractivity contribution in [1.29, 1.82) is 0 Å². The van der Waals surface area contributed by atoms with Gasteiger partial charge in [0.15, 0.2) is 0 Å². The minimum atomic E-state index is -1.56. The Morgan fingerprint density at radius 1 is 1.17 bits per heavy atom. The van der Waals surface area contributed by atoms with Crippen molar-refractivity contribution in [3.8, 4) is 5.75 Å². The summed E-state index contributed by atoms with van der Waals surface area (Å²) in [7, 11) is 0. The maximum Gasteiger partial charge on any atom is 0.336 e. The molecule has 0 radical (unpaired) electrons. The van der Waals surface area contributed by atoms with E-state index in [2.05, 4.69) is 13.0 Å². The minimum Gasteiger partial charge on any atom is -0.489 e. The number of ether oxygens (including phenoxy) is 1. The average molecular weight is 403 g/mol. The molecule has 0 saturated carbocycles. The highest BCUT2D eigenvalue weighted by Crippen LogP contribution is 2.21. The Hall–Kier alpha value is -2.40. The fourth-order valence-corrected chi connectivity index (χ4v) is 2.87. The first-order chi connectivity index (χ1) is 13.6. The molecular weight excluding hydrogens is 371 g/mol. The summed E-state index contributed by atoms with van der Waals surface area (Å²) in [4.78, 5) is 11.3. The summed E-state index contributed by atoms with van der Waals surface area (Å²) in [6, 6.07) is 8.56. The summed E-state index contributed by atoms with van der Waals surface area (Å²) in [6.07, 6.45) is 6.16. The first kappa shape index (κ1) is 22.9. The highest BCUT2D eigenvalue weighted by Gasteiger charge is 2.26. The Morgan fingerprint density at radius 2 is 1.86 bits per heavy atom. The SMILES string of the molecule is C/C(=C\COc1ccc2ccc(=O)oc2c1)CC/C=C(\C)CCC(O)C(C)(C)F. The van der Waals surface area contributed by atoms with Gasteiger partial charge in [0.05, 0.1) is 6.10 Å². The number of aliphatic hydroxyl groups is 1. The van der Waals surface area contributed by atoms with Gasteiger partial charge in [-0.3, -0.25) is 0 Å². The molecule has 158 valence electrons. The molecular formula is C24H31FO4. The first-order valence-electron chi connectivity index (χ1n) is 10.00. The van der Waals surface area contributed by atoms with Crippen LogP contribution in [-0.4, -0.2) is 23.5 Å². The van der Waals surface area contributed by atoms with Crippen LogP contribution in [0.25, 0.3) is 11.0 Å². The molecule has 0 saturated heterocycles. The predicted octanol–water partition coefficient (Wildman–Crippen LogP) is 5.73. The molecule has 5 heteroatoms. The van der Waals surface area contributed by atoms with Crippen molar-refractivity contribution in [2.75, 3.05) is 6.61 Å². The van der Waals surface area contributed by atoms with Gasteiger partial charge in [-0.05, 0) is 77.7 Å². The van der Waals surface area contributed by atoms with E-state index in [1.807, 2.05) is 25.1 Å². The minimum absolute atomic E-state index is 0.378. The third kappa shape index (κ3) is 7.86. The number of halogens is 1. The van der Waals surface area contributed by atoms with E-state index in [-0.39, 0.29) is 5.63 Å². The fourth-order valence-electron chi connectivity index (χ4n) is 2.87. The molecule has 2 aromatic rings. The van der Waals surface area contributed by atoms with Gasteiger partial charge in [-0.1, -0.05) is 17.2 Å². The van der Waals surface area contributed by atoms with E-state index in [1.54, 1.807) is 12.1 Å². The molecule has 1 atom stereocenters. The molecule has 29 heavy (non-hydrogen) atoms. The lowest BCUT2D eigenvalue weighted by Crippen LogP contribution is -2.31. The lowest BCUT2D eigenvalue weighted by atomic mass is 9.97. The average Bonchev–Trinajstić information content (AvgIpc) is 2.65. The quantitative estimate of drug-likeness (QED) is 0.407. The number of alkyl halides is 1. The predicted molar refractivity (Wildman–Crippen MR) is 115 cm³/mol. The zero-order valence-corrected chi connectivity index (χ0v) is 17.7. The number of aliphatic hydroxyl groups excluding tert-OH is 1. The van der Waals surface area contributed by atoms with Gasteiger partial charge < -0.3 is 14.3 Å². The van der Waals surface area contributed by atoms with Crippen molar-refractivity contribution in [2.24, 2.45) is 0 Å². The van der Waals surface area contributed by atoms with Gasteiger partial charge in [0.25, 0.3) is 0 Å². The Morgan fingerprint density at radius 3 is 2.59 bits per heavy atom. The molecule has 0 amide bonds. The van der Waals surface area contributed by atoms with Crippen molar-refractivity contribution < 1.29 is 18.7 Å². The lowest BCUT2D eigenvalue weighted by Gasteiger charge is -2.21. The van der Waals surface area contributed by atoms with Crippen LogP contribution in [0.3, 0.4) is 0 Å². The van der Waals surface area contributed by atoms with Crippen molar-refractivity contribution in [3.05, 3.63) is 64.1 Å². The number of rotatable bonds is 10. The summed E-state index contributed by atoms with van der Waals surface area (Å²) < 4.78 is 24.5. The van der Waals surface area contributed by atoms with Crippen LogP contribution in [0.1, 0.15) is 53.4 Å². The Kier molecular flexibility index (Phi) is 8.21. The number of benzene rings is 1. The molecule has 1 aromatic heterocycles. The van der Waals surface area contributed by atoms with Crippen molar-refractivity contribution in [1.82, 2.24) is 0 Å². The van der Waals surface area contributed by atoms with Crippen LogP contribution in [0.15, 0.2) is 62.8 Å². The van der Waals surface area contributed by atoms with Crippen LogP contribution in [-0.2, 0) is 0 Å².